The summed E-state index contributed by atoms with van der Waals surface area (Å²) < 4.78 is 24.7. The van der Waals surface area contributed by atoms with E-state index < -0.39 is 27.1 Å². The van der Waals surface area contributed by atoms with E-state index in [0.717, 1.165) is 12.3 Å². The lowest BCUT2D eigenvalue weighted by molar-refractivity contribution is 0.0694. The Morgan fingerprint density at radius 3 is 2.35 bits per heavy atom. The Labute approximate surface area is 114 Å². The molecule has 0 spiro atoms. The molecule has 0 aliphatic heterocycles. The summed E-state index contributed by atoms with van der Waals surface area (Å²) in [6.45, 7) is 0. The van der Waals surface area contributed by atoms with E-state index in [9.17, 15) is 18.0 Å². The minimum atomic E-state index is -3.96. The normalized spacial score (nSPS) is 11.0. The van der Waals surface area contributed by atoms with E-state index >= 15 is 0 Å². The van der Waals surface area contributed by atoms with Crippen molar-refractivity contribution in [3.05, 3.63) is 64.6 Å². The summed E-state index contributed by atoms with van der Waals surface area (Å²) in [5, 5.41) is 8.81. The van der Waals surface area contributed by atoms with Gasteiger partial charge in [0.2, 0.25) is 0 Å². The van der Waals surface area contributed by atoms with Crippen LogP contribution in [0.3, 0.4) is 0 Å². The van der Waals surface area contributed by atoms with Crippen molar-refractivity contribution in [1.82, 2.24) is 4.68 Å². The van der Waals surface area contributed by atoms with E-state index in [-0.39, 0.29) is 4.90 Å². The number of nitrogens with zero attached hydrogens (tertiary/aromatic N) is 1. The average Bonchev–Trinajstić information content (AvgIpc) is 2.41. The largest absolute Gasteiger partial charge is 0.477 e. The third-order valence-electron chi connectivity index (χ3n) is 2.45. The van der Waals surface area contributed by atoms with Crippen LogP contribution in [0.15, 0.2) is 58.4 Å². The third-order valence-corrected chi connectivity index (χ3v) is 3.78. The van der Waals surface area contributed by atoms with Crippen LogP contribution in [0.2, 0.25) is 0 Å². The van der Waals surface area contributed by atoms with Crippen molar-refractivity contribution in [1.29, 1.82) is 0 Å². The highest BCUT2D eigenvalue weighted by atomic mass is 32.2. The zero-order valence-electron chi connectivity index (χ0n) is 10.1. The van der Waals surface area contributed by atoms with Crippen LogP contribution in [0.4, 0.5) is 0 Å². The standard InChI is InChI=1S/C12H10N2O5S/c15-11-10(12(16)17)7-4-8-14(11)13-20(18,19)9-5-2-1-3-6-9/h1-8,13H,(H,16,17). The summed E-state index contributed by atoms with van der Waals surface area (Å²) in [7, 11) is -3.96. The van der Waals surface area contributed by atoms with Gasteiger partial charge in [-0.3, -0.25) is 4.79 Å². The van der Waals surface area contributed by atoms with Gasteiger partial charge in [0, 0.05) is 6.20 Å². The zero-order valence-corrected chi connectivity index (χ0v) is 10.9. The second-order valence-corrected chi connectivity index (χ2v) is 5.47. The Kier molecular flexibility index (Phi) is 3.57. The molecule has 0 bridgehead atoms. The fourth-order valence-electron chi connectivity index (χ4n) is 1.51. The molecule has 1 heterocycles. The van der Waals surface area contributed by atoms with E-state index in [1.54, 1.807) is 6.07 Å². The molecule has 2 aromatic rings. The molecule has 1 aromatic carbocycles. The number of rotatable bonds is 4. The van der Waals surface area contributed by atoms with Crippen LogP contribution in [-0.4, -0.2) is 24.2 Å². The van der Waals surface area contributed by atoms with Crippen molar-refractivity contribution in [2.75, 3.05) is 4.83 Å². The maximum atomic E-state index is 12.0. The number of benzene rings is 1. The smallest absolute Gasteiger partial charge is 0.341 e. The van der Waals surface area contributed by atoms with Crippen molar-refractivity contribution in [2.24, 2.45) is 0 Å². The van der Waals surface area contributed by atoms with Gasteiger partial charge in [-0.05, 0) is 24.3 Å². The van der Waals surface area contributed by atoms with Crippen LogP contribution in [0, 0.1) is 0 Å². The number of aromatic carboxylic acids is 1. The number of nitrogens with one attached hydrogen (secondary N) is 1. The van der Waals surface area contributed by atoms with Gasteiger partial charge in [0.05, 0.1) is 4.90 Å². The van der Waals surface area contributed by atoms with Crippen LogP contribution >= 0.6 is 0 Å². The zero-order chi connectivity index (χ0) is 14.8. The van der Waals surface area contributed by atoms with Gasteiger partial charge in [-0.2, -0.15) is 8.42 Å². The molecule has 0 unspecified atom stereocenters. The Morgan fingerprint density at radius 2 is 1.75 bits per heavy atom. The first-order valence-corrected chi connectivity index (χ1v) is 6.93. The summed E-state index contributed by atoms with van der Waals surface area (Å²) in [5.41, 5.74) is -1.48. The van der Waals surface area contributed by atoms with E-state index in [4.69, 9.17) is 5.11 Å². The van der Waals surface area contributed by atoms with Gasteiger partial charge in [0.15, 0.2) is 0 Å². The molecule has 8 heteroatoms. The van der Waals surface area contributed by atoms with E-state index in [1.807, 2.05) is 4.83 Å². The quantitative estimate of drug-likeness (QED) is 0.853. The van der Waals surface area contributed by atoms with E-state index in [0.29, 0.717) is 4.68 Å². The van der Waals surface area contributed by atoms with Crippen molar-refractivity contribution in [3.63, 3.8) is 0 Å². The van der Waals surface area contributed by atoms with Gasteiger partial charge >= 0.3 is 5.97 Å². The number of aromatic nitrogens is 1. The number of carboxylic acids is 1. The number of hydrogen-bond donors (Lipinski definition) is 2. The third kappa shape index (κ3) is 2.69. The Balaban J connectivity index is 2.44. The van der Waals surface area contributed by atoms with Crippen molar-refractivity contribution in [2.45, 2.75) is 4.90 Å². The van der Waals surface area contributed by atoms with Crippen molar-refractivity contribution < 1.29 is 18.3 Å². The molecule has 0 fully saturated rings. The maximum absolute atomic E-state index is 12.0. The highest BCUT2D eigenvalue weighted by Gasteiger charge is 2.16. The van der Waals surface area contributed by atoms with Gasteiger partial charge in [-0.25, -0.2) is 14.3 Å². The first-order valence-electron chi connectivity index (χ1n) is 5.44. The lowest BCUT2D eigenvalue weighted by atomic mass is 10.3. The Hall–Kier alpha value is -2.61. The summed E-state index contributed by atoms with van der Waals surface area (Å²) in [6, 6.07) is 9.78. The molecule has 0 saturated carbocycles. The molecule has 2 rings (SSSR count). The summed E-state index contributed by atoms with van der Waals surface area (Å²) in [6.07, 6.45) is 1.13. The molecular formula is C12H10N2O5S. The van der Waals surface area contributed by atoms with E-state index in [2.05, 4.69) is 0 Å². The van der Waals surface area contributed by atoms with Crippen LogP contribution in [0.5, 0.6) is 0 Å². The van der Waals surface area contributed by atoms with E-state index in [1.165, 1.54) is 30.3 Å². The molecule has 0 aliphatic carbocycles. The first kappa shape index (κ1) is 13.8. The lowest BCUT2D eigenvalue weighted by Crippen LogP contribution is -2.35. The first-order chi connectivity index (χ1) is 9.42. The molecule has 2 N–H and O–H groups in total. The highest BCUT2D eigenvalue weighted by Crippen LogP contribution is 2.07. The van der Waals surface area contributed by atoms with Gasteiger partial charge in [0.25, 0.3) is 15.6 Å². The summed E-state index contributed by atoms with van der Waals surface area (Å²) in [4.78, 5) is 24.6. The molecule has 104 valence electrons. The summed E-state index contributed by atoms with van der Waals surface area (Å²) >= 11 is 0. The molecule has 1 aromatic heterocycles. The molecule has 0 amide bonds. The fraction of sp³-hybridized carbons (Fsp3) is 0. The van der Waals surface area contributed by atoms with Gasteiger partial charge in [-0.1, -0.05) is 18.2 Å². The van der Waals surface area contributed by atoms with Crippen LogP contribution in [-0.2, 0) is 10.0 Å². The molecule has 20 heavy (non-hydrogen) atoms. The fourth-order valence-corrected chi connectivity index (χ4v) is 2.53. The molecule has 7 nitrogen and oxygen atoms in total. The number of carboxylic acid groups (broad SMARTS) is 1. The molecular weight excluding hydrogens is 284 g/mol. The van der Waals surface area contributed by atoms with Gasteiger partial charge in [0.1, 0.15) is 5.56 Å². The van der Waals surface area contributed by atoms with Gasteiger partial charge in [-0.15, -0.1) is 0 Å². The molecule has 0 atom stereocenters. The minimum Gasteiger partial charge on any atom is -0.477 e. The highest BCUT2D eigenvalue weighted by molar-refractivity contribution is 7.92. The second kappa shape index (κ2) is 5.17. The Bertz CT molecular complexity index is 796. The second-order valence-electron chi connectivity index (χ2n) is 3.81. The van der Waals surface area contributed by atoms with Crippen LogP contribution in [0.25, 0.3) is 0 Å². The topological polar surface area (TPSA) is 105 Å². The maximum Gasteiger partial charge on any atom is 0.341 e. The molecule has 0 saturated heterocycles. The van der Waals surface area contributed by atoms with Crippen molar-refractivity contribution in [3.8, 4) is 0 Å². The van der Waals surface area contributed by atoms with Crippen LogP contribution < -0.4 is 10.4 Å². The average molecular weight is 294 g/mol. The number of pyridine rings is 1. The molecule has 0 radical (unpaired) electrons. The predicted molar refractivity (Wildman–Crippen MR) is 70.6 cm³/mol. The van der Waals surface area contributed by atoms with Crippen LogP contribution in [0.1, 0.15) is 10.4 Å². The lowest BCUT2D eigenvalue weighted by Gasteiger charge is -2.10. The minimum absolute atomic E-state index is 0.0346. The predicted octanol–water partition coefficient (Wildman–Crippen LogP) is 0.479. The SMILES string of the molecule is O=C(O)c1cccn(NS(=O)(=O)c2ccccc2)c1=O. The Morgan fingerprint density at radius 1 is 1.10 bits per heavy atom. The monoisotopic (exact) mass is 294 g/mol. The molecule has 0 aliphatic rings. The number of sulfonamides is 1. The number of hydrogen-bond acceptors (Lipinski definition) is 4. The van der Waals surface area contributed by atoms with Crippen molar-refractivity contribution >= 4 is 16.0 Å². The number of carbonyl (C=O) groups is 1. The summed E-state index contributed by atoms with van der Waals surface area (Å²) in [5.74, 6) is -1.43. The van der Waals surface area contributed by atoms with Gasteiger partial charge < -0.3 is 5.11 Å².